The maximum absolute atomic E-state index is 12.3. The van der Waals surface area contributed by atoms with Gasteiger partial charge in [-0.25, -0.2) is 18.6 Å². The minimum absolute atomic E-state index is 0.0117. The van der Waals surface area contributed by atoms with E-state index in [0.29, 0.717) is 0 Å². The molecule has 7 heteroatoms. The van der Waals surface area contributed by atoms with Gasteiger partial charge in [0.15, 0.2) is 0 Å². The van der Waals surface area contributed by atoms with Gasteiger partial charge >= 0.3 is 5.97 Å². The Bertz CT molecular complexity index is 400. The molecule has 0 aromatic carbocycles. The van der Waals surface area contributed by atoms with E-state index in [4.69, 9.17) is 11.6 Å². The third-order valence-corrected chi connectivity index (χ3v) is 2.75. The average Bonchev–Trinajstić information content (AvgIpc) is 2.20. The smallest absolute Gasteiger partial charge is 0.339 e. The van der Waals surface area contributed by atoms with Crippen molar-refractivity contribution in [1.29, 1.82) is 0 Å². The van der Waals surface area contributed by atoms with E-state index in [0.717, 1.165) is 13.2 Å². The molecule has 1 aromatic heterocycles. The summed E-state index contributed by atoms with van der Waals surface area (Å²) in [4.78, 5) is 14.6. The molecule has 0 bridgehead atoms. The van der Waals surface area contributed by atoms with Crippen molar-refractivity contribution in [3.63, 3.8) is 0 Å². The lowest BCUT2D eigenvalue weighted by molar-refractivity contribution is 0.0600. The highest BCUT2D eigenvalue weighted by Crippen LogP contribution is 2.29. The number of hydrogen-bond donors (Lipinski definition) is 0. The monoisotopic (exact) mass is 299 g/mol. The summed E-state index contributed by atoms with van der Waals surface area (Å²) < 4.78 is 29.1. The van der Waals surface area contributed by atoms with Gasteiger partial charge in [-0.2, -0.15) is 0 Å². The van der Waals surface area contributed by atoms with E-state index in [-0.39, 0.29) is 15.2 Å². The minimum Gasteiger partial charge on any atom is -0.465 e. The van der Waals surface area contributed by atoms with Crippen LogP contribution in [-0.2, 0) is 4.74 Å². The Morgan fingerprint density at radius 2 is 2.27 bits per heavy atom. The normalized spacial score (nSPS) is 10.5. The lowest BCUT2D eigenvalue weighted by Gasteiger charge is -2.06. The van der Waals surface area contributed by atoms with E-state index in [1.807, 2.05) is 0 Å². The number of hydrogen-bond acceptors (Lipinski definition) is 3. The molecule has 3 nitrogen and oxygen atoms in total. The molecule has 0 amide bonds. The van der Waals surface area contributed by atoms with Crippen LogP contribution in [0.25, 0.3) is 0 Å². The van der Waals surface area contributed by atoms with Gasteiger partial charge < -0.3 is 4.74 Å². The number of nitrogens with zero attached hydrogens (tertiary/aromatic N) is 1. The number of alkyl halides is 2. The topological polar surface area (TPSA) is 39.2 Å². The molecule has 0 saturated heterocycles. The summed E-state index contributed by atoms with van der Waals surface area (Å²) in [6, 6.07) is 0.906. The third-order valence-electron chi connectivity index (χ3n) is 1.57. The molecule has 0 fully saturated rings. The second-order valence-corrected chi connectivity index (χ2v) is 3.62. The Balaban J connectivity index is 3.31. The fourth-order valence-electron chi connectivity index (χ4n) is 0.887. The fraction of sp³-hybridized carbons (Fsp3) is 0.250. The number of rotatable bonds is 2. The quantitative estimate of drug-likeness (QED) is 0.622. The Hall–Kier alpha value is -0.750. The van der Waals surface area contributed by atoms with Crippen molar-refractivity contribution in [2.24, 2.45) is 0 Å². The van der Waals surface area contributed by atoms with Gasteiger partial charge in [-0.3, -0.25) is 0 Å². The maximum Gasteiger partial charge on any atom is 0.339 e. The van der Waals surface area contributed by atoms with Crippen molar-refractivity contribution in [3.8, 4) is 0 Å². The highest BCUT2D eigenvalue weighted by atomic mass is 79.9. The lowest BCUT2D eigenvalue weighted by Crippen LogP contribution is -2.05. The van der Waals surface area contributed by atoms with Crippen molar-refractivity contribution >= 4 is 33.5 Å². The second-order valence-electron chi connectivity index (χ2n) is 2.49. The van der Waals surface area contributed by atoms with Crippen LogP contribution in [-0.4, -0.2) is 18.1 Å². The van der Waals surface area contributed by atoms with E-state index in [2.05, 4.69) is 25.7 Å². The summed E-state index contributed by atoms with van der Waals surface area (Å²) in [5, 5.41) is -0.0498. The van der Waals surface area contributed by atoms with Crippen molar-refractivity contribution in [1.82, 2.24) is 4.98 Å². The van der Waals surface area contributed by atoms with Gasteiger partial charge in [0, 0.05) is 0 Å². The Labute approximate surface area is 97.5 Å². The molecular weight excluding hydrogens is 295 g/mol. The van der Waals surface area contributed by atoms with Gasteiger partial charge in [0.05, 0.1) is 17.7 Å². The van der Waals surface area contributed by atoms with Gasteiger partial charge in [-0.15, -0.1) is 0 Å². The minimum atomic E-state index is -2.78. The Kier molecular flexibility index (Phi) is 3.98. The summed E-state index contributed by atoms with van der Waals surface area (Å²) in [7, 11) is 1.13. The van der Waals surface area contributed by atoms with Crippen LogP contribution in [0.4, 0.5) is 8.78 Å². The van der Waals surface area contributed by atoms with Crippen molar-refractivity contribution in [2.45, 2.75) is 6.43 Å². The summed E-state index contributed by atoms with van der Waals surface area (Å²) in [5.74, 6) is -0.787. The van der Waals surface area contributed by atoms with Crippen LogP contribution in [0.2, 0.25) is 5.02 Å². The van der Waals surface area contributed by atoms with E-state index in [9.17, 15) is 13.6 Å². The molecule has 82 valence electrons. The molecule has 1 rings (SSSR count). The fourth-order valence-corrected chi connectivity index (χ4v) is 1.48. The van der Waals surface area contributed by atoms with E-state index in [1.165, 1.54) is 0 Å². The third kappa shape index (κ3) is 2.63. The molecule has 0 saturated carbocycles. The number of pyridine rings is 1. The van der Waals surface area contributed by atoms with Crippen LogP contribution in [0.3, 0.4) is 0 Å². The zero-order valence-corrected chi connectivity index (χ0v) is 9.77. The molecule has 0 atom stereocenters. The number of ether oxygens (including phenoxy) is 1. The molecule has 1 aromatic rings. The van der Waals surface area contributed by atoms with Gasteiger partial charge in [0.2, 0.25) is 0 Å². The molecule has 15 heavy (non-hydrogen) atoms. The van der Waals surface area contributed by atoms with Gasteiger partial charge in [-0.05, 0) is 22.0 Å². The largest absolute Gasteiger partial charge is 0.465 e. The molecule has 1 heterocycles. The first-order chi connectivity index (χ1) is 6.97. The lowest BCUT2D eigenvalue weighted by atomic mass is 10.2. The van der Waals surface area contributed by atoms with Crippen molar-refractivity contribution < 1.29 is 18.3 Å². The molecule has 0 aliphatic heterocycles. The zero-order valence-electron chi connectivity index (χ0n) is 7.43. The van der Waals surface area contributed by atoms with E-state index >= 15 is 0 Å². The SMILES string of the molecule is COC(=O)c1cc(C(F)F)nc(Br)c1Cl. The molecule has 0 aliphatic carbocycles. The first kappa shape index (κ1) is 12.3. The highest BCUT2D eigenvalue weighted by Gasteiger charge is 2.19. The predicted octanol–water partition coefficient (Wildman–Crippen LogP) is 3.22. The van der Waals surface area contributed by atoms with Crippen molar-refractivity contribution in [3.05, 3.63) is 26.9 Å². The van der Waals surface area contributed by atoms with Gasteiger partial charge in [0.25, 0.3) is 6.43 Å². The standard InChI is InChI=1S/C8H5BrClF2NO2/c1-15-8(14)3-2-4(7(11)12)13-6(9)5(3)10/h2,7H,1H3. The maximum atomic E-state index is 12.3. The summed E-state index contributed by atoms with van der Waals surface area (Å²) >= 11 is 8.57. The number of methoxy groups -OCH3 is 1. The number of carbonyl (C=O) groups excluding carboxylic acids is 1. The van der Waals surface area contributed by atoms with Crippen LogP contribution in [0.15, 0.2) is 10.7 Å². The van der Waals surface area contributed by atoms with Crippen LogP contribution in [0, 0.1) is 0 Å². The van der Waals surface area contributed by atoms with Crippen molar-refractivity contribution in [2.75, 3.05) is 7.11 Å². The second kappa shape index (κ2) is 4.85. The van der Waals surface area contributed by atoms with Gasteiger partial charge in [0.1, 0.15) is 10.3 Å². The summed E-state index contributed by atoms with van der Waals surface area (Å²) in [6.07, 6.45) is -2.78. The first-order valence-electron chi connectivity index (χ1n) is 3.69. The van der Waals surface area contributed by atoms with Crippen LogP contribution in [0.1, 0.15) is 22.5 Å². The first-order valence-corrected chi connectivity index (χ1v) is 4.87. The van der Waals surface area contributed by atoms with Crippen LogP contribution in [0.5, 0.6) is 0 Å². The average molecular weight is 300 g/mol. The molecular formula is C8H5BrClF2NO2. The van der Waals surface area contributed by atoms with E-state index < -0.39 is 18.1 Å². The number of halogens is 4. The molecule has 0 N–H and O–H groups in total. The van der Waals surface area contributed by atoms with Gasteiger partial charge in [-0.1, -0.05) is 11.6 Å². The zero-order chi connectivity index (χ0) is 11.6. The Morgan fingerprint density at radius 1 is 1.67 bits per heavy atom. The summed E-state index contributed by atoms with van der Waals surface area (Å²) in [6.45, 7) is 0. The molecule has 0 unspecified atom stereocenters. The molecule has 0 radical (unpaired) electrons. The highest BCUT2D eigenvalue weighted by molar-refractivity contribution is 9.10. The Morgan fingerprint density at radius 3 is 2.73 bits per heavy atom. The number of carbonyl (C=O) groups is 1. The van der Waals surface area contributed by atoms with Crippen LogP contribution < -0.4 is 0 Å². The van der Waals surface area contributed by atoms with Crippen LogP contribution >= 0.6 is 27.5 Å². The predicted molar refractivity (Wildman–Crippen MR) is 53.2 cm³/mol. The number of aromatic nitrogens is 1. The number of esters is 1. The molecule has 0 spiro atoms. The molecule has 0 aliphatic rings. The summed E-state index contributed by atoms with van der Waals surface area (Å²) in [5.41, 5.74) is -0.678. The van der Waals surface area contributed by atoms with E-state index in [1.54, 1.807) is 0 Å².